The van der Waals surface area contributed by atoms with Crippen LogP contribution in [0, 0.1) is 10.9 Å². The molecule has 1 aromatic carbocycles. The topological polar surface area (TPSA) is 58.4 Å². The van der Waals surface area contributed by atoms with E-state index in [0.29, 0.717) is 31.2 Å². The lowest BCUT2D eigenvalue weighted by atomic mass is 10.2. The van der Waals surface area contributed by atoms with E-state index < -0.39 is 10.0 Å². The number of aryl methyl sites for hydroxylation is 1. The molecule has 0 saturated carbocycles. The summed E-state index contributed by atoms with van der Waals surface area (Å²) in [6.07, 6.45) is 0.794. The Morgan fingerprint density at radius 1 is 1.17 bits per heavy atom. The van der Waals surface area contributed by atoms with Gasteiger partial charge < -0.3 is 0 Å². The van der Waals surface area contributed by atoms with Gasteiger partial charge in [-0.1, -0.05) is 29.0 Å². The molecule has 0 unspecified atom stereocenters. The van der Waals surface area contributed by atoms with Crippen LogP contribution in [0.1, 0.15) is 12.0 Å². The highest BCUT2D eigenvalue weighted by Gasteiger charge is 2.26. The summed E-state index contributed by atoms with van der Waals surface area (Å²) in [4.78, 5) is 2.56. The minimum Gasteiger partial charge on any atom is -0.283 e. The van der Waals surface area contributed by atoms with Crippen LogP contribution >= 0.6 is 23.6 Å². The van der Waals surface area contributed by atoms with Gasteiger partial charge in [-0.2, -0.15) is 9.40 Å². The summed E-state index contributed by atoms with van der Waals surface area (Å²) in [6.45, 7) is 5.08. The van der Waals surface area contributed by atoms with Crippen molar-refractivity contribution in [2.24, 2.45) is 0 Å². The number of aromatic nitrogens is 2. The average molecular weight is 385 g/mol. The van der Waals surface area contributed by atoms with Gasteiger partial charge in [-0.05, 0) is 37.7 Å². The molecule has 0 bridgehead atoms. The first-order valence-electron chi connectivity index (χ1n) is 7.76. The van der Waals surface area contributed by atoms with Gasteiger partial charge >= 0.3 is 0 Å². The zero-order valence-electron chi connectivity index (χ0n) is 13.5. The van der Waals surface area contributed by atoms with Crippen molar-refractivity contribution >= 4 is 33.6 Å². The molecular formula is C15H20N4O2S3. The minimum atomic E-state index is -3.43. The maximum absolute atomic E-state index is 12.8. The molecule has 0 amide bonds. The Hall–Kier alpha value is -1.13. The van der Waals surface area contributed by atoms with Gasteiger partial charge in [0.15, 0.2) is 3.95 Å². The molecule has 0 N–H and O–H groups in total. The van der Waals surface area contributed by atoms with Gasteiger partial charge in [0.2, 0.25) is 10.0 Å². The van der Waals surface area contributed by atoms with E-state index in [0.717, 1.165) is 22.5 Å². The van der Waals surface area contributed by atoms with Gasteiger partial charge in [-0.15, -0.1) is 0 Å². The van der Waals surface area contributed by atoms with Crippen molar-refractivity contribution in [3.63, 3.8) is 0 Å². The van der Waals surface area contributed by atoms with Crippen molar-refractivity contribution in [2.75, 3.05) is 26.2 Å². The molecule has 1 aromatic heterocycles. The van der Waals surface area contributed by atoms with Crippen molar-refractivity contribution in [1.29, 1.82) is 0 Å². The van der Waals surface area contributed by atoms with Gasteiger partial charge in [0.05, 0.1) is 11.6 Å². The second-order valence-electron chi connectivity index (χ2n) is 5.83. The summed E-state index contributed by atoms with van der Waals surface area (Å²) in [5, 5.41) is 4.22. The van der Waals surface area contributed by atoms with Gasteiger partial charge in [0.25, 0.3) is 0 Å². The first kappa shape index (κ1) is 17.7. The van der Waals surface area contributed by atoms with Crippen LogP contribution in [0.4, 0.5) is 0 Å². The number of sulfonamides is 1. The van der Waals surface area contributed by atoms with Crippen molar-refractivity contribution in [3.8, 4) is 0 Å². The third kappa shape index (κ3) is 3.92. The van der Waals surface area contributed by atoms with Crippen LogP contribution in [0.25, 0.3) is 0 Å². The summed E-state index contributed by atoms with van der Waals surface area (Å²) in [5.41, 5.74) is 2.78. The van der Waals surface area contributed by atoms with E-state index >= 15 is 0 Å². The minimum absolute atomic E-state index is 0.364. The van der Waals surface area contributed by atoms with E-state index in [1.165, 1.54) is 11.3 Å². The fourth-order valence-electron chi connectivity index (χ4n) is 2.71. The van der Waals surface area contributed by atoms with Gasteiger partial charge in [-0.3, -0.25) is 4.90 Å². The van der Waals surface area contributed by atoms with Gasteiger partial charge in [0, 0.05) is 26.2 Å². The lowest BCUT2D eigenvalue weighted by molar-refractivity contribution is 0.216. The average Bonchev–Trinajstić information content (AvgIpc) is 2.81. The second kappa shape index (κ2) is 7.40. The molecule has 1 saturated heterocycles. The molecule has 3 rings (SSSR count). The predicted octanol–water partition coefficient (Wildman–Crippen LogP) is 2.34. The van der Waals surface area contributed by atoms with Crippen LogP contribution in [0.15, 0.2) is 34.7 Å². The van der Waals surface area contributed by atoms with Crippen LogP contribution in [-0.2, 0) is 16.7 Å². The maximum Gasteiger partial charge on any atom is 0.243 e. The van der Waals surface area contributed by atoms with E-state index in [1.54, 1.807) is 26.6 Å². The Morgan fingerprint density at radius 3 is 2.58 bits per heavy atom. The largest absolute Gasteiger partial charge is 0.283 e. The number of hydrogen-bond acceptors (Lipinski definition) is 6. The predicted molar refractivity (Wildman–Crippen MR) is 97.1 cm³/mol. The van der Waals surface area contributed by atoms with Crippen LogP contribution < -0.4 is 0 Å². The lowest BCUT2D eigenvalue weighted by Gasteiger charge is -2.21. The Kier molecular flexibility index (Phi) is 5.46. The standard InChI is InChI=1S/C15H20N4O2S3/c1-13-3-5-14(6-4-13)24(20,21)18-8-2-7-17(9-10-18)12-19-15(22)23-11-16-19/h3-6,11H,2,7-10,12H2,1H3. The molecule has 24 heavy (non-hydrogen) atoms. The lowest BCUT2D eigenvalue weighted by Crippen LogP contribution is -2.35. The van der Waals surface area contributed by atoms with E-state index in [1.807, 2.05) is 19.1 Å². The summed E-state index contributed by atoms with van der Waals surface area (Å²) < 4.78 is 29.7. The smallest absolute Gasteiger partial charge is 0.243 e. The summed E-state index contributed by atoms with van der Waals surface area (Å²) in [6, 6.07) is 7.03. The second-order valence-corrected chi connectivity index (χ2v) is 9.25. The molecule has 1 fully saturated rings. The quantitative estimate of drug-likeness (QED) is 0.758. The molecule has 2 heterocycles. The van der Waals surface area contributed by atoms with E-state index in [-0.39, 0.29) is 0 Å². The van der Waals surface area contributed by atoms with E-state index in [4.69, 9.17) is 12.2 Å². The van der Waals surface area contributed by atoms with Gasteiger partial charge in [0.1, 0.15) is 5.51 Å². The third-order valence-corrected chi connectivity index (χ3v) is 7.12. The highest BCUT2D eigenvalue weighted by Crippen LogP contribution is 2.18. The van der Waals surface area contributed by atoms with E-state index in [2.05, 4.69) is 10.00 Å². The first-order chi connectivity index (χ1) is 11.5. The third-order valence-electron chi connectivity index (χ3n) is 4.09. The summed E-state index contributed by atoms with van der Waals surface area (Å²) >= 11 is 6.67. The Bertz CT molecular complexity index is 842. The molecule has 2 aromatic rings. The SMILES string of the molecule is Cc1ccc(S(=O)(=O)N2CCCN(Cn3ncsc3=S)CC2)cc1. The fraction of sp³-hybridized carbons (Fsp3) is 0.467. The van der Waals surface area contributed by atoms with E-state index in [9.17, 15) is 8.42 Å². The highest BCUT2D eigenvalue weighted by molar-refractivity contribution is 7.89. The molecule has 130 valence electrons. The Morgan fingerprint density at radius 2 is 1.92 bits per heavy atom. The zero-order valence-corrected chi connectivity index (χ0v) is 15.9. The number of rotatable bonds is 4. The van der Waals surface area contributed by atoms with Crippen molar-refractivity contribution in [3.05, 3.63) is 39.3 Å². The molecule has 0 aliphatic carbocycles. The number of hydrogen-bond donors (Lipinski definition) is 0. The van der Waals surface area contributed by atoms with Crippen molar-refractivity contribution in [2.45, 2.75) is 24.9 Å². The van der Waals surface area contributed by atoms with Crippen LogP contribution in [-0.4, -0.2) is 53.6 Å². The molecule has 1 aliphatic heterocycles. The molecule has 6 nitrogen and oxygen atoms in total. The normalized spacial score (nSPS) is 17.7. The van der Waals surface area contributed by atoms with Crippen molar-refractivity contribution in [1.82, 2.24) is 19.0 Å². The van der Waals surface area contributed by atoms with Crippen LogP contribution in [0.2, 0.25) is 0 Å². The first-order valence-corrected chi connectivity index (χ1v) is 10.5. The Labute approximate surface area is 151 Å². The highest BCUT2D eigenvalue weighted by atomic mass is 32.2. The van der Waals surface area contributed by atoms with Crippen molar-refractivity contribution < 1.29 is 8.42 Å². The maximum atomic E-state index is 12.8. The number of nitrogens with zero attached hydrogens (tertiary/aromatic N) is 4. The molecule has 9 heteroatoms. The van der Waals surface area contributed by atoms with Crippen LogP contribution in [0.5, 0.6) is 0 Å². The zero-order chi connectivity index (χ0) is 17.2. The summed E-state index contributed by atoms with van der Waals surface area (Å²) in [5.74, 6) is 0. The van der Waals surface area contributed by atoms with Gasteiger partial charge in [-0.25, -0.2) is 13.1 Å². The molecule has 0 atom stereocenters. The number of benzene rings is 1. The Balaban J connectivity index is 1.69. The summed E-state index contributed by atoms with van der Waals surface area (Å²) in [7, 11) is -3.43. The monoisotopic (exact) mass is 384 g/mol. The van der Waals surface area contributed by atoms with Crippen LogP contribution in [0.3, 0.4) is 0 Å². The molecular weight excluding hydrogens is 364 g/mol. The molecule has 0 spiro atoms. The molecule has 0 radical (unpaired) electrons. The fourth-order valence-corrected chi connectivity index (χ4v) is 4.89. The molecule has 1 aliphatic rings.